The Morgan fingerprint density at radius 3 is 2.82 bits per heavy atom. The minimum atomic E-state index is 0.323. The summed E-state index contributed by atoms with van der Waals surface area (Å²) in [5.41, 5.74) is 3.25. The number of benzene rings is 1. The average molecular weight is 359 g/mol. The first-order chi connectivity index (χ1) is 8.04. The number of anilines is 1. The maximum absolute atomic E-state index is 3.72. The van der Waals surface area contributed by atoms with Crippen LogP contribution >= 0.6 is 31.9 Å². The van der Waals surface area contributed by atoms with Crippen LogP contribution in [0.1, 0.15) is 44.1 Å². The van der Waals surface area contributed by atoms with E-state index in [9.17, 15) is 0 Å². The lowest BCUT2D eigenvalue weighted by atomic mass is 9.73. The number of rotatable bonds is 0. The lowest BCUT2D eigenvalue weighted by molar-refractivity contribution is 0.283. The molecule has 0 bridgehead atoms. The molecule has 0 aromatic heterocycles. The van der Waals surface area contributed by atoms with Crippen molar-refractivity contribution in [2.75, 3.05) is 11.9 Å². The molecule has 2 unspecified atom stereocenters. The topological polar surface area (TPSA) is 3.24 Å². The van der Waals surface area contributed by atoms with Crippen molar-refractivity contribution in [2.24, 2.45) is 0 Å². The van der Waals surface area contributed by atoms with Gasteiger partial charge in [-0.15, -0.1) is 0 Å². The Kier molecular flexibility index (Phi) is 2.82. The first kappa shape index (κ1) is 12.0. The quantitative estimate of drug-likeness (QED) is 0.625. The zero-order chi connectivity index (χ0) is 12.2. The zero-order valence-electron chi connectivity index (χ0n) is 10.3. The van der Waals surface area contributed by atoms with Gasteiger partial charge in [-0.2, -0.15) is 0 Å². The van der Waals surface area contributed by atoms with Gasteiger partial charge in [0.15, 0.2) is 0 Å². The van der Waals surface area contributed by atoms with Crippen molar-refractivity contribution < 1.29 is 0 Å². The highest BCUT2D eigenvalue weighted by Crippen LogP contribution is 2.56. The Bertz CT molecular complexity index is 472. The standard InChI is InChI=1S/C14H17Br2N/c1-14-6-4-3-5-11(14)10-7-9(15)8-12(16)13(10)17(14)2/h7-8,11H,3-6H2,1-2H3. The van der Waals surface area contributed by atoms with Crippen molar-refractivity contribution >= 4 is 37.5 Å². The minimum absolute atomic E-state index is 0.323. The lowest BCUT2D eigenvalue weighted by Gasteiger charge is -2.42. The number of hydrogen-bond acceptors (Lipinski definition) is 1. The van der Waals surface area contributed by atoms with Crippen molar-refractivity contribution in [3.05, 3.63) is 26.6 Å². The second kappa shape index (κ2) is 3.99. The Hall–Kier alpha value is -0.0200. The molecule has 1 saturated carbocycles. The summed E-state index contributed by atoms with van der Waals surface area (Å²) >= 11 is 7.35. The van der Waals surface area contributed by atoms with Crippen molar-refractivity contribution in [1.29, 1.82) is 0 Å². The van der Waals surface area contributed by atoms with Gasteiger partial charge in [-0.3, -0.25) is 0 Å². The molecule has 1 nitrogen and oxygen atoms in total. The Morgan fingerprint density at radius 2 is 2.06 bits per heavy atom. The van der Waals surface area contributed by atoms with E-state index in [0.29, 0.717) is 11.5 Å². The lowest BCUT2D eigenvalue weighted by Crippen LogP contribution is -2.45. The monoisotopic (exact) mass is 357 g/mol. The van der Waals surface area contributed by atoms with Crippen LogP contribution in [0.5, 0.6) is 0 Å². The largest absolute Gasteiger partial charge is 0.367 e. The van der Waals surface area contributed by atoms with E-state index < -0.39 is 0 Å². The SMILES string of the molecule is CN1c2c(Br)cc(Br)cc2C2CCCCC21C. The third-order valence-corrected chi connectivity index (χ3v) is 5.77. The fraction of sp³-hybridized carbons (Fsp3) is 0.571. The third-order valence-electron chi connectivity index (χ3n) is 4.71. The van der Waals surface area contributed by atoms with Crippen molar-refractivity contribution in [3.8, 4) is 0 Å². The summed E-state index contributed by atoms with van der Waals surface area (Å²) in [7, 11) is 2.25. The van der Waals surface area contributed by atoms with E-state index in [1.165, 1.54) is 45.9 Å². The van der Waals surface area contributed by atoms with Crippen LogP contribution in [0.25, 0.3) is 0 Å². The molecule has 2 aliphatic rings. The van der Waals surface area contributed by atoms with E-state index in [-0.39, 0.29) is 0 Å². The summed E-state index contributed by atoms with van der Waals surface area (Å²) in [5, 5.41) is 0. The predicted octanol–water partition coefficient (Wildman–Crippen LogP) is 5.08. The predicted molar refractivity (Wildman–Crippen MR) is 79.9 cm³/mol. The van der Waals surface area contributed by atoms with Crippen LogP contribution in [0.15, 0.2) is 21.1 Å². The van der Waals surface area contributed by atoms with E-state index in [1.807, 2.05) is 0 Å². The first-order valence-electron chi connectivity index (χ1n) is 6.27. The fourth-order valence-electron chi connectivity index (χ4n) is 3.67. The molecular formula is C14H17Br2N. The summed E-state index contributed by atoms with van der Waals surface area (Å²) in [6.07, 6.45) is 5.38. The van der Waals surface area contributed by atoms with Gasteiger partial charge >= 0.3 is 0 Å². The van der Waals surface area contributed by atoms with E-state index in [0.717, 1.165) is 0 Å². The molecule has 1 aromatic rings. The van der Waals surface area contributed by atoms with E-state index in [4.69, 9.17) is 0 Å². The maximum atomic E-state index is 3.72. The number of halogens is 2. The fourth-order valence-corrected chi connectivity index (χ4v) is 5.19. The molecule has 3 heteroatoms. The maximum Gasteiger partial charge on any atom is 0.0549 e. The highest BCUT2D eigenvalue weighted by molar-refractivity contribution is 9.11. The molecule has 2 atom stereocenters. The van der Waals surface area contributed by atoms with Gasteiger partial charge < -0.3 is 4.90 Å². The van der Waals surface area contributed by atoms with Gasteiger partial charge in [-0.25, -0.2) is 0 Å². The van der Waals surface area contributed by atoms with Crippen LogP contribution < -0.4 is 4.90 Å². The first-order valence-corrected chi connectivity index (χ1v) is 7.85. The van der Waals surface area contributed by atoms with E-state index in [1.54, 1.807) is 0 Å². The molecule has 1 aromatic carbocycles. The van der Waals surface area contributed by atoms with Gasteiger partial charge in [-0.05, 0) is 53.4 Å². The van der Waals surface area contributed by atoms with Gasteiger partial charge in [0.05, 0.1) is 5.69 Å². The molecule has 3 rings (SSSR count). The highest BCUT2D eigenvalue weighted by Gasteiger charge is 2.48. The van der Waals surface area contributed by atoms with Crippen LogP contribution in [-0.2, 0) is 0 Å². The zero-order valence-corrected chi connectivity index (χ0v) is 13.4. The van der Waals surface area contributed by atoms with Crippen LogP contribution in [0.3, 0.4) is 0 Å². The van der Waals surface area contributed by atoms with Crippen molar-refractivity contribution in [1.82, 2.24) is 0 Å². The molecule has 0 saturated heterocycles. The van der Waals surface area contributed by atoms with Crippen molar-refractivity contribution in [3.63, 3.8) is 0 Å². The van der Waals surface area contributed by atoms with Gasteiger partial charge in [0.1, 0.15) is 0 Å². The number of likely N-dealkylation sites (N-methyl/N-ethyl adjacent to an activating group) is 1. The second-order valence-corrected chi connectivity index (χ2v) is 7.31. The molecule has 92 valence electrons. The molecule has 0 amide bonds. The van der Waals surface area contributed by atoms with Crippen LogP contribution in [0.2, 0.25) is 0 Å². The summed E-state index contributed by atoms with van der Waals surface area (Å²) in [6, 6.07) is 4.48. The van der Waals surface area contributed by atoms with Gasteiger partial charge in [-0.1, -0.05) is 28.8 Å². The molecule has 0 spiro atoms. The van der Waals surface area contributed by atoms with E-state index in [2.05, 4.69) is 62.9 Å². The Labute approximate surface area is 120 Å². The normalized spacial score (nSPS) is 31.3. The number of hydrogen-bond donors (Lipinski definition) is 0. The Balaban J connectivity index is 2.20. The van der Waals surface area contributed by atoms with Crippen molar-refractivity contribution in [2.45, 2.75) is 44.1 Å². The summed E-state index contributed by atoms with van der Waals surface area (Å²) < 4.78 is 2.41. The summed E-state index contributed by atoms with van der Waals surface area (Å²) in [6.45, 7) is 2.43. The smallest absolute Gasteiger partial charge is 0.0549 e. The number of fused-ring (bicyclic) bond motifs is 3. The molecule has 1 aliphatic carbocycles. The molecule has 17 heavy (non-hydrogen) atoms. The molecular weight excluding hydrogens is 342 g/mol. The Morgan fingerprint density at radius 1 is 1.29 bits per heavy atom. The van der Waals surface area contributed by atoms with Gasteiger partial charge in [0.25, 0.3) is 0 Å². The highest BCUT2D eigenvalue weighted by atomic mass is 79.9. The van der Waals surface area contributed by atoms with Crippen LogP contribution in [0, 0.1) is 0 Å². The molecule has 1 heterocycles. The second-order valence-electron chi connectivity index (χ2n) is 5.54. The summed E-state index contributed by atoms with van der Waals surface area (Å²) in [5.74, 6) is 0.699. The minimum Gasteiger partial charge on any atom is -0.367 e. The van der Waals surface area contributed by atoms with Crippen LogP contribution in [0.4, 0.5) is 5.69 Å². The third kappa shape index (κ3) is 1.61. The van der Waals surface area contributed by atoms with Gasteiger partial charge in [0, 0.05) is 27.4 Å². The van der Waals surface area contributed by atoms with Gasteiger partial charge in [0.2, 0.25) is 0 Å². The summed E-state index contributed by atoms with van der Waals surface area (Å²) in [4.78, 5) is 2.50. The molecule has 1 fully saturated rings. The van der Waals surface area contributed by atoms with Crippen LogP contribution in [-0.4, -0.2) is 12.6 Å². The molecule has 0 N–H and O–H groups in total. The van der Waals surface area contributed by atoms with E-state index >= 15 is 0 Å². The number of nitrogens with zero attached hydrogens (tertiary/aromatic N) is 1. The molecule has 1 aliphatic heterocycles. The average Bonchev–Trinajstić information content (AvgIpc) is 2.49. The molecule has 0 radical (unpaired) electrons.